The summed E-state index contributed by atoms with van der Waals surface area (Å²) in [6.45, 7) is 0.198. The third-order valence-electron chi connectivity index (χ3n) is 4.29. The van der Waals surface area contributed by atoms with Crippen LogP contribution in [0.3, 0.4) is 0 Å². The Labute approximate surface area is 163 Å². The summed E-state index contributed by atoms with van der Waals surface area (Å²) in [6, 6.07) is 10.9. The average molecular weight is 405 g/mol. The molecule has 0 bridgehead atoms. The maximum atomic E-state index is 13.0. The highest BCUT2D eigenvalue weighted by atomic mass is 19.4. The highest BCUT2D eigenvalue weighted by Crippen LogP contribution is 2.29. The Hall–Kier alpha value is -3.20. The first-order chi connectivity index (χ1) is 13.8. The van der Waals surface area contributed by atoms with E-state index in [-0.39, 0.29) is 36.6 Å². The molecule has 0 aliphatic rings. The molecule has 2 aromatic carbocycles. The highest BCUT2D eigenvalue weighted by molar-refractivity contribution is 5.94. The molecule has 0 aliphatic heterocycles. The zero-order valence-corrected chi connectivity index (χ0v) is 15.5. The van der Waals surface area contributed by atoms with Crippen LogP contribution in [0, 0.1) is 0 Å². The minimum absolute atomic E-state index is 0.0848. The molecule has 0 aliphatic carbocycles. The Morgan fingerprint density at radius 3 is 2.66 bits per heavy atom. The Kier molecular flexibility index (Phi) is 5.97. The second kappa shape index (κ2) is 8.44. The van der Waals surface area contributed by atoms with Crippen LogP contribution in [0.25, 0.3) is 10.9 Å². The van der Waals surface area contributed by atoms with Crippen molar-refractivity contribution in [1.82, 2.24) is 14.9 Å². The number of carbonyl (C=O) groups excluding carboxylic acids is 1. The lowest BCUT2D eigenvalue weighted by Crippen LogP contribution is -2.35. The van der Waals surface area contributed by atoms with Crippen LogP contribution in [-0.2, 0) is 17.5 Å². The molecule has 0 spiro atoms. The normalized spacial score (nSPS) is 11.6. The fourth-order valence-corrected chi connectivity index (χ4v) is 2.86. The van der Waals surface area contributed by atoms with Gasteiger partial charge in [-0.2, -0.15) is 13.2 Å². The molecule has 6 nitrogen and oxygen atoms in total. The quantitative estimate of drug-likeness (QED) is 0.683. The van der Waals surface area contributed by atoms with E-state index >= 15 is 0 Å². The third-order valence-corrected chi connectivity index (χ3v) is 4.29. The Morgan fingerprint density at radius 1 is 1.17 bits per heavy atom. The second-order valence-corrected chi connectivity index (χ2v) is 6.33. The number of aromatic nitrogens is 2. The largest absolute Gasteiger partial charge is 0.416 e. The molecule has 9 heteroatoms. The number of benzene rings is 2. The maximum Gasteiger partial charge on any atom is 0.416 e. The highest BCUT2D eigenvalue weighted by Gasteiger charge is 2.31. The van der Waals surface area contributed by atoms with Gasteiger partial charge in [-0.1, -0.05) is 18.2 Å². The van der Waals surface area contributed by atoms with Gasteiger partial charge in [0.15, 0.2) is 0 Å². The summed E-state index contributed by atoms with van der Waals surface area (Å²) in [7, 11) is 1.45. The second-order valence-electron chi connectivity index (χ2n) is 6.33. The van der Waals surface area contributed by atoms with Crippen LogP contribution in [0.15, 0.2) is 53.3 Å². The number of aromatic amines is 1. The summed E-state index contributed by atoms with van der Waals surface area (Å²) in [5.74, 6) is -0.394. The topological polar surface area (TPSA) is 75.3 Å². The molecule has 0 saturated heterocycles. The molecule has 1 aromatic heterocycles. The van der Waals surface area contributed by atoms with Gasteiger partial charge in [0.2, 0.25) is 0 Å². The lowest BCUT2D eigenvalue weighted by atomic mass is 10.1. The van der Waals surface area contributed by atoms with E-state index in [0.29, 0.717) is 10.9 Å². The van der Waals surface area contributed by atoms with Gasteiger partial charge in [-0.15, -0.1) is 0 Å². The van der Waals surface area contributed by atoms with Gasteiger partial charge < -0.3 is 14.6 Å². The molecule has 1 amide bonds. The number of nitrogens with one attached hydrogen (secondary N) is 1. The molecular weight excluding hydrogens is 387 g/mol. The zero-order valence-electron chi connectivity index (χ0n) is 15.5. The van der Waals surface area contributed by atoms with E-state index < -0.39 is 17.6 Å². The van der Waals surface area contributed by atoms with Crippen LogP contribution >= 0.6 is 0 Å². The number of methoxy groups -OCH3 is 1. The summed E-state index contributed by atoms with van der Waals surface area (Å²) in [5, 5.41) is 0.406. The van der Waals surface area contributed by atoms with Crippen molar-refractivity contribution in [3.8, 4) is 0 Å². The monoisotopic (exact) mass is 405 g/mol. The number of hydrogen-bond donors (Lipinski definition) is 1. The van der Waals surface area contributed by atoms with E-state index in [1.807, 2.05) is 0 Å². The summed E-state index contributed by atoms with van der Waals surface area (Å²) in [6.07, 6.45) is -4.56. The molecule has 152 valence electrons. The van der Waals surface area contributed by atoms with Crippen molar-refractivity contribution in [2.75, 3.05) is 20.3 Å². The smallest absolute Gasteiger partial charge is 0.383 e. The molecule has 1 heterocycles. The SMILES string of the molecule is COCCN(Cc1nc2ccccc2c(=O)[nH]1)C(=O)c1cccc(C(F)(F)F)c1. The Bertz CT molecular complexity index is 1080. The number of hydrogen-bond acceptors (Lipinski definition) is 4. The van der Waals surface area contributed by atoms with E-state index in [4.69, 9.17) is 4.74 Å². The van der Waals surface area contributed by atoms with Crippen LogP contribution in [0.1, 0.15) is 21.7 Å². The van der Waals surface area contributed by atoms with E-state index in [0.717, 1.165) is 12.1 Å². The number of fused-ring (bicyclic) bond motifs is 1. The number of ether oxygens (including phenoxy) is 1. The van der Waals surface area contributed by atoms with Crippen molar-refractivity contribution < 1.29 is 22.7 Å². The van der Waals surface area contributed by atoms with E-state index in [1.54, 1.807) is 24.3 Å². The standard InChI is InChI=1S/C20H18F3N3O3/c1-29-10-9-26(19(28)13-5-4-6-14(11-13)20(21,22)23)12-17-24-16-8-3-2-7-15(16)18(27)25-17/h2-8,11H,9-10,12H2,1H3,(H,24,25,27). The summed E-state index contributed by atoms with van der Waals surface area (Å²) >= 11 is 0. The van der Waals surface area contributed by atoms with Crippen LogP contribution < -0.4 is 5.56 Å². The van der Waals surface area contributed by atoms with Crippen LogP contribution in [0.4, 0.5) is 13.2 Å². The first kappa shape index (κ1) is 20.5. The number of halogens is 3. The number of amides is 1. The molecular formula is C20H18F3N3O3. The minimum atomic E-state index is -4.56. The molecule has 3 aromatic rings. The first-order valence-electron chi connectivity index (χ1n) is 8.73. The van der Waals surface area contributed by atoms with Crippen molar-refractivity contribution in [2.45, 2.75) is 12.7 Å². The number of carbonyl (C=O) groups is 1. The molecule has 29 heavy (non-hydrogen) atoms. The summed E-state index contributed by atoms with van der Waals surface area (Å²) in [5.41, 5.74) is -0.917. The summed E-state index contributed by atoms with van der Waals surface area (Å²) in [4.78, 5) is 33.4. The lowest BCUT2D eigenvalue weighted by molar-refractivity contribution is -0.137. The van der Waals surface area contributed by atoms with Gasteiger partial charge in [0.1, 0.15) is 5.82 Å². The summed E-state index contributed by atoms with van der Waals surface area (Å²) < 4.78 is 43.9. The average Bonchev–Trinajstić information content (AvgIpc) is 2.70. The van der Waals surface area contributed by atoms with Crippen molar-refractivity contribution in [3.63, 3.8) is 0 Å². The predicted octanol–water partition coefficient (Wildman–Crippen LogP) is 3.23. The van der Waals surface area contributed by atoms with E-state index in [9.17, 15) is 22.8 Å². The van der Waals surface area contributed by atoms with Gasteiger partial charge >= 0.3 is 6.18 Å². The molecule has 0 atom stereocenters. The first-order valence-corrected chi connectivity index (χ1v) is 8.73. The van der Waals surface area contributed by atoms with Gasteiger partial charge in [-0.05, 0) is 30.3 Å². The maximum absolute atomic E-state index is 13.0. The number of rotatable bonds is 6. The third kappa shape index (κ3) is 4.80. The Balaban J connectivity index is 1.92. The molecule has 0 saturated carbocycles. The molecule has 0 fully saturated rings. The van der Waals surface area contributed by atoms with Crippen LogP contribution in [-0.4, -0.2) is 41.0 Å². The van der Waals surface area contributed by atoms with Gasteiger partial charge in [0.05, 0.1) is 29.6 Å². The van der Waals surface area contributed by atoms with Gasteiger partial charge in [-0.3, -0.25) is 9.59 Å². The number of nitrogens with zero attached hydrogens (tertiary/aromatic N) is 2. The predicted molar refractivity (Wildman–Crippen MR) is 100 cm³/mol. The van der Waals surface area contributed by atoms with Gasteiger partial charge in [0.25, 0.3) is 11.5 Å². The van der Waals surface area contributed by atoms with E-state index in [1.165, 1.54) is 24.1 Å². The van der Waals surface area contributed by atoms with Crippen LogP contribution in [0.5, 0.6) is 0 Å². The van der Waals surface area contributed by atoms with Gasteiger partial charge in [-0.25, -0.2) is 4.98 Å². The Morgan fingerprint density at radius 2 is 1.93 bits per heavy atom. The van der Waals surface area contributed by atoms with E-state index in [2.05, 4.69) is 9.97 Å². The minimum Gasteiger partial charge on any atom is -0.383 e. The molecule has 1 N–H and O–H groups in total. The van der Waals surface area contributed by atoms with Crippen molar-refractivity contribution in [2.24, 2.45) is 0 Å². The molecule has 0 radical (unpaired) electrons. The lowest BCUT2D eigenvalue weighted by Gasteiger charge is -2.22. The molecule has 3 rings (SSSR count). The number of para-hydroxylation sites is 1. The number of alkyl halides is 3. The van der Waals surface area contributed by atoms with Crippen molar-refractivity contribution >= 4 is 16.8 Å². The number of H-pyrrole nitrogens is 1. The molecule has 0 unspecified atom stereocenters. The van der Waals surface area contributed by atoms with Crippen molar-refractivity contribution in [1.29, 1.82) is 0 Å². The van der Waals surface area contributed by atoms with Crippen molar-refractivity contribution in [3.05, 3.63) is 75.8 Å². The fourth-order valence-electron chi connectivity index (χ4n) is 2.86. The fraction of sp³-hybridized carbons (Fsp3) is 0.250. The van der Waals surface area contributed by atoms with Gasteiger partial charge in [0, 0.05) is 19.2 Å². The van der Waals surface area contributed by atoms with Crippen LogP contribution in [0.2, 0.25) is 0 Å². The zero-order chi connectivity index (χ0) is 21.0.